The smallest absolute Gasteiger partial charge is 0.305 e. The summed E-state index contributed by atoms with van der Waals surface area (Å²) in [5.74, 6) is -0.129. The number of ether oxygens (including phenoxy) is 1. The highest BCUT2D eigenvalue weighted by molar-refractivity contribution is 5.68. The molecular formula is C10H20O3. The number of rotatable bonds is 7. The molecule has 1 N–H and O–H groups in total. The monoisotopic (exact) mass is 188 g/mol. The van der Waals surface area contributed by atoms with Crippen LogP contribution in [-0.4, -0.2) is 23.8 Å². The maximum absolute atomic E-state index is 10.7. The fraction of sp³-hybridized carbons (Fsp3) is 0.900. The van der Waals surface area contributed by atoms with Gasteiger partial charge in [0.15, 0.2) is 0 Å². The molecule has 0 radical (unpaired) electrons. The summed E-state index contributed by atoms with van der Waals surface area (Å²) in [5.41, 5.74) is 0. The van der Waals surface area contributed by atoms with Crippen molar-refractivity contribution in [3.8, 4) is 0 Å². The maximum Gasteiger partial charge on any atom is 0.305 e. The highest BCUT2D eigenvalue weighted by atomic mass is 16.5. The van der Waals surface area contributed by atoms with E-state index in [1.165, 1.54) is 0 Å². The van der Waals surface area contributed by atoms with Crippen molar-refractivity contribution in [2.75, 3.05) is 6.61 Å². The average Bonchev–Trinajstić information content (AvgIpc) is 2.10. The number of aliphatic hydroxyl groups is 1. The van der Waals surface area contributed by atoms with E-state index in [1.807, 2.05) is 0 Å². The third-order valence-corrected chi connectivity index (χ3v) is 1.82. The van der Waals surface area contributed by atoms with Gasteiger partial charge in [-0.25, -0.2) is 0 Å². The number of carbonyl (C=O) groups is 1. The van der Waals surface area contributed by atoms with Crippen LogP contribution >= 0.6 is 0 Å². The molecule has 3 heteroatoms. The third kappa shape index (κ3) is 9.34. The second-order valence-corrected chi connectivity index (χ2v) is 3.27. The molecule has 0 aromatic carbocycles. The zero-order valence-electron chi connectivity index (χ0n) is 8.58. The molecule has 0 fully saturated rings. The summed E-state index contributed by atoms with van der Waals surface area (Å²) < 4.78 is 4.90. The van der Waals surface area contributed by atoms with Crippen LogP contribution in [0.15, 0.2) is 0 Å². The molecule has 0 bridgehead atoms. The second kappa shape index (κ2) is 8.05. The van der Waals surface area contributed by atoms with Crippen LogP contribution in [0, 0.1) is 0 Å². The molecule has 0 saturated carbocycles. The van der Waals surface area contributed by atoms with Crippen LogP contribution in [0.1, 0.15) is 46.0 Å². The van der Waals surface area contributed by atoms with Crippen molar-refractivity contribution in [3.63, 3.8) is 0 Å². The quantitative estimate of drug-likeness (QED) is 0.490. The van der Waals surface area contributed by atoms with Crippen molar-refractivity contribution < 1.29 is 14.6 Å². The third-order valence-electron chi connectivity index (χ3n) is 1.82. The van der Waals surface area contributed by atoms with Crippen LogP contribution < -0.4 is 0 Å². The van der Waals surface area contributed by atoms with Crippen LogP contribution in [0.25, 0.3) is 0 Å². The molecule has 13 heavy (non-hydrogen) atoms. The number of hydrogen-bond acceptors (Lipinski definition) is 3. The largest absolute Gasteiger partial charge is 0.466 e. The number of unbranched alkanes of at least 4 members (excludes halogenated alkanes) is 2. The fourth-order valence-corrected chi connectivity index (χ4v) is 1.01. The van der Waals surface area contributed by atoms with E-state index < -0.39 is 0 Å². The van der Waals surface area contributed by atoms with Gasteiger partial charge in [-0.2, -0.15) is 0 Å². The molecule has 78 valence electrons. The van der Waals surface area contributed by atoms with Gasteiger partial charge in [0.2, 0.25) is 0 Å². The lowest BCUT2D eigenvalue weighted by molar-refractivity contribution is -0.143. The highest BCUT2D eigenvalue weighted by Crippen LogP contribution is 2.03. The lowest BCUT2D eigenvalue weighted by atomic mass is 10.1. The Labute approximate surface area is 80.1 Å². The maximum atomic E-state index is 10.7. The van der Waals surface area contributed by atoms with Crippen molar-refractivity contribution in [3.05, 3.63) is 0 Å². The molecule has 0 aromatic heterocycles. The molecule has 0 spiro atoms. The van der Waals surface area contributed by atoms with E-state index in [0.29, 0.717) is 13.0 Å². The van der Waals surface area contributed by atoms with Crippen molar-refractivity contribution in [2.24, 2.45) is 0 Å². The minimum Gasteiger partial charge on any atom is -0.466 e. The SMILES string of the molecule is CCC(=O)OCCCCCC(C)O. The predicted octanol–water partition coefficient (Wildman–Crippen LogP) is 1.88. The number of carbonyl (C=O) groups excluding carboxylic acids is 1. The second-order valence-electron chi connectivity index (χ2n) is 3.27. The van der Waals surface area contributed by atoms with E-state index in [4.69, 9.17) is 9.84 Å². The first-order valence-electron chi connectivity index (χ1n) is 5.00. The van der Waals surface area contributed by atoms with Crippen molar-refractivity contribution in [1.82, 2.24) is 0 Å². The molecule has 0 aromatic rings. The Balaban J connectivity index is 3.04. The number of aliphatic hydroxyl groups excluding tert-OH is 1. The normalized spacial score (nSPS) is 12.5. The molecular weight excluding hydrogens is 168 g/mol. The summed E-state index contributed by atoms with van der Waals surface area (Å²) in [7, 11) is 0. The van der Waals surface area contributed by atoms with Crippen molar-refractivity contribution in [1.29, 1.82) is 0 Å². The molecule has 0 aliphatic rings. The molecule has 0 amide bonds. The van der Waals surface area contributed by atoms with E-state index in [1.54, 1.807) is 13.8 Å². The van der Waals surface area contributed by atoms with Gasteiger partial charge >= 0.3 is 5.97 Å². The first kappa shape index (κ1) is 12.4. The minimum absolute atomic E-state index is 0.129. The summed E-state index contributed by atoms with van der Waals surface area (Å²) in [5, 5.41) is 8.95. The van der Waals surface area contributed by atoms with Crippen LogP contribution in [0.5, 0.6) is 0 Å². The summed E-state index contributed by atoms with van der Waals surface area (Å²) >= 11 is 0. The standard InChI is InChI=1S/C10H20O3/c1-3-10(12)13-8-6-4-5-7-9(2)11/h9,11H,3-8H2,1-2H3. The Kier molecular flexibility index (Phi) is 7.69. The van der Waals surface area contributed by atoms with Crippen molar-refractivity contribution >= 4 is 5.97 Å². The van der Waals surface area contributed by atoms with E-state index in [2.05, 4.69) is 0 Å². The van der Waals surface area contributed by atoms with Gasteiger partial charge in [-0.05, 0) is 26.2 Å². The molecule has 1 atom stereocenters. The minimum atomic E-state index is -0.210. The molecule has 0 aliphatic carbocycles. The molecule has 0 heterocycles. The zero-order chi connectivity index (χ0) is 10.1. The molecule has 0 aliphatic heterocycles. The van der Waals surface area contributed by atoms with Gasteiger partial charge in [-0.15, -0.1) is 0 Å². The van der Waals surface area contributed by atoms with Crippen LogP contribution in [0.3, 0.4) is 0 Å². The average molecular weight is 188 g/mol. The zero-order valence-corrected chi connectivity index (χ0v) is 8.58. The van der Waals surface area contributed by atoms with E-state index in [9.17, 15) is 4.79 Å². The van der Waals surface area contributed by atoms with Crippen LogP contribution in [-0.2, 0) is 9.53 Å². The van der Waals surface area contributed by atoms with Gasteiger partial charge in [0.1, 0.15) is 0 Å². The van der Waals surface area contributed by atoms with Crippen molar-refractivity contribution in [2.45, 2.75) is 52.1 Å². The van der Waals surface area contributed by atoms with Crippen LogP contribution in [0.4, 0.5) is 0 Å². The van der Waals surface area contributed by atoms with Gasteiger partial charge in [-0.1, -0.05) is 13.3 Å². The lowest BCUT2D eigenvalue weighted by Gasteiger charge is -2.04. The Morgan fingerprint density at radius 2 is 2.08 bits per heavy atom. The Morgan fingerprint density at radius 1 is 1.38 bits per heavy atom. The molecule has 3 nitrogen and oxygen atoms in total. The summed E-state index contributed by atoms with van der Waals surface area (Å²) in [6.45, 7) is 4.10. The Hall–Kier alpha value is -0.570. The summed E-state index contributed by atoms with van der Waals surface area (Å²) in [4.78, 5) is 10.7. The number of hydrogen-bond donors (Lipinski definition) is 1. The van der Waals surface area contributed by atoms with Gasteiger partial charge in [0.25, 0.3) is 0 Å². The summed E-state index contributed by atoms with van der Waals surface area (Å²) in [6.07, 6.45) is 4.00. The van der Waals surface area contributed by atoms with Gasteiger partial charge in [0, 0.05) is 6.42 Å². The Bertz CT molecular complexity index is 132. The van der Waals surface area contributed by atoms with E-state index >= 15 is 0 Å². The first-order chi connectivity index (χ1) is 6.16. The highest BCUT2D eigenvalue weighted by Gasteiger charge is 1.98. The van der Waals surface area contributed by atoms with Gasteiger partial charge in [-0.3, -0.25) is 4.79 Å². The molecule has 0 rings (SSSR count). The van der Waals surface area contributed by atoms with Gasteiger partial charge in [0.05, 0.1) is 12.7 Å². The summed E-state index contributed by atoms with van der Waals surface area (Å²) in [6, 6.07) is 0. The first-order valence-corrected chi connectivity index (χ1v) is 5.00. The van der Waals surface area contributed by atoms with E-state index in [-0.39, 0.29) is 12.1 Å². The lowest BCUT2D eigenvalue weighted by Crippen LogP contribution is -2.04. The Morgan fingerprint density at radius 3 is 2.62 bits per heavy atom. The topological polar surface area (TPSA) is 46.5 Å². The molecule has 1 unspecified atom stereocenters. The number of esters is 1. The predicted molar refractivity (Wildman–Crippen MR) is 51.4 cm³/mol. The van der Waals surface area contributed by atoms with Gasteiger partial charge < -0.3 is 9.84 Å². The van der Waals surface area contributed by atoms with Crippen LogP contribution in [0.2, 0.25) is 0 Å². The van der Waals surface area contributed by atoms with E-state index in [0.717, 1.165) is 25.7 Å². The molecule has 0 saturated heterocycles. The fourth-order valence-electron chi connectivity index (χ4n) is 1.01.